The Morgan fingerprint density at radius 1 is 1.62 bits per heavy atom. The van der Waals surface area contributed by atoms with Gasteiger partial charge in [0.05, 0.1) is 11.4 Å². The highest BCUT2D eigenvalue weighted by Gasteiger charge is 2.31. The molecule has 0 radical (unpaired) electrons. The van der Waals surface area contributed by atoms with E-state index in [1.54, 1.807) is 0 Å². The molecule has 1 fully saturated rings. The fourth-order valence-electron chi connectivity index (χ4n) is 1.59. The average Bonchev–Trinajstić information content (AvgIpc) is 2.28. The van der Waals surface area contributed by atoms with E-state index in [-0.39, 0.29) is 22.7 Å². The highest BCUT2D eigenvalue weighted by molar-refractivity contribution is 7.80. The number of amides is 1. The summed E-state index contributed by atoms with van der Waals surface area (Å²) < 4.78 is 0. The fraction of sp³-hybridized carbons (Fsp3) is 0.778. The van der Waals surface area contributed by atoms with Crippen LogP contribution in [0.2, 0.25) is 0 Å². The summed E-state index contributed by atoms with van der Waals surface area (Å²) in [6.45, 7) is 6.00. The lowest BCUT2D eigenvalue weighted by Gasteiger charge is -2.19. The van der Waals surface area contributed by atoms with Crippen LogP contribution in [0.4, 0.5) is 0 Å². The van der Waals surface area contributed by atoms with Gasteiger partial charge in [0.15, 0.2) is 0 Å². The average molecular weight is 200 g/mol. The predicted octanol–water partition coefficient (Wildman–Crippen LogP) is 0.921. The van der Waals surface area contributed by atoms with Crippen LogP contribution in [0.15, 0.2) is 0 Å². The van der Waals surface area contributed by atoms with Crippen molar-refractivity contribution < 1.29 is 4.79 Å². The summed E-state index contributed by atoms with van der Waals surface area (Å²) in [6, 6.07) is 0. The Kier molecular flexibility index (Phi) is 2.91. The van der Waals surface area contributed by atoms with Gasteiger partial charge in [-0.15, -0.1) is 0 Å². The van der Waals surface area contributed by atoms with Gasteiger partial charge >= 0.3 is 0 Å². The van der Waals surface area contributed by atoms with Crippen molar-refractivity contribution in [1.82, 2.24) is 4.90 Å². The third kappa shape index (κ3) is 2.95. The van der Waals surface area contributed by atoms with Crippen molar-refractivity contribution in [3.8, 4) is 0 Å². The van der Waals surface area contributed by atoms with Crippen molar-refractivity contribution in [2.24, 2.45) is 11.1 Å². The first-order valence-corrected chi connectivity index (χ1v) is 4.88. The Labute approximate surface area is 84.3 Å². The summed E-state index contributed by atoms with van der Waals surface area (Å²) in [4.78, 5) is 13.6. The molecule has 4 heteroatoms. The number of thiocarbonyl (C=S) groups is 1. The Morgan fingerprint density at radius 2 is 2.23 bits per heavy atom. The number of carbonyl (C=O) groups is 1. The lowest BCUT2D eigenvalue weighted by Crippen LogP contribution is -2.32. The molecule has 1 aliphatic heterocycles. The normalized spacial score (nSPS) is 20.3. The quantitative estimate of drug-likeness (QED) is 0.674. The summed E-state index contributed by atoms with van der Waals surface area (Å²) in [5.74, 6) is 0.0677. The Morgan fingerprint density at radius 3 is 2.62 bits per heavy atom. The number of carbonyl (C=O) groups excluding carboxylic acids is 1. The van der Waals surface area contributed by atoms with Gasteiger partial charge in [-0.3, -0.25) is 4.79 Å². The van der Waals surface area contributed by atoms with Crippen molar-refractivity contribution in [1.29, 1.82) is 0 Å². The highest BCUT2D eigenvalue weighted by atomic mass is 32.1. The second-order valence-corrected chi connectivity index (χ2v) is 4.90. The van der Waals surface area contributed by atoms with Gasteiger partial charge in [0, 0.05) is 13.1 Å². The molecule has 1 aliphatic rings. The maximum atomic E-state index is 11.5. The predicted molar refractivity (Wildman–Crippen MR) is 56.4 cm³/mol. The van der Waals surface area contributed by atoms with E-state index in [0.29, 0.717) is 0 Å². The van der Waals surface area contributed by atoms with E-state index >= 15 is 0 Å². The monoisotopic (exact) mass is 200 g/mol. The van der Waals surface area contributed by atoms with Gasteiger partial charge in [-0.2, -0.15) is 0 Å². The molecule has 0 unspecified atom stereocenters. The minimum absolute atomic E-state index is 0.0677. The highest BCUT2D eigenvalue weighted by Crippen LogP contribution is 2.28. The zero-order chi connectivity index (χ0) is 10.1. The molecule has 0 aromatic rings. The van der Waals surface area contributed by atoms with E-state index in [0.717, 1.165) is 19.5 Å². The van der Waals surface area contributed by atoms with E-state index in [9.17, 15) is 4.79 Å². The van der Waals surface area contributed by atoms with Crippen LogP contribution in [0.3, 0.4) is 0 Å². The van der Waals surface area contributed by atoms with Gasteiger partial charge in [0.25, 0.3) is 0 Å². The number of nitrogens with zero attached hydrogens (tertiary/aromatic N) is 1. The van der Waals surface area contributed by atoms with Crippen LogP contribution in [-0.4, -0.2) is 28.9 Å². The van der Waals surface area contributed by atoms with E-state index in [1.165, 1.54) is 0 Å². The molecule has 74 valence electrons. The van der Waals surface area contributed by atoms with Gasteiger partial charge in [-0.05, 0) is 11.8 Å². The van der Waals surface area contributed by atoms with Gasteiger partial charge < -0.3 is 10.6 Å². The van der Waals surface area contributed by atoms with Crippen molar-refractivity contribution in [2.45, 2.75) is 26.7 Å². The molecule has 0 aromatic carbocycles. The maximum absolute atomic E-state index is 11.5. The smallest absolute Gasteiger partial charge is 0.229 e. The molecule has 0 aliphatic carbocycles. The van der Waals surface area contributed by atoms with E-state index in [2.05, 4.69) is 13.8 Å². The Bertz CT molecular complexity index is 238. The second kappa shape index (κ2) is 3.62. The maximum Gasteiger partial charge on any atom is 0.229 e. The van der Waals surface area contributed by atoms with Gasteiger partial charge in [0.2, 0.25) is 5.91 Å². The van der Waals surface area contributed by atoms with Crippen LogP contribution in [0.1, 0.15) is 26.7 Å². The van der Waals surface area contributed by atoms with E-state index in [4.69, 9.17) is 18.0 Å². The minimum atomic E-state index is 0.0677. The van der Waals surface area contributed by atoms with Crippen LogP contribution >= 0.6 is 12.2 Å². The molecule has 1 amide bonds. The first-order chi connectivity index (χ1) is 5.91. The number of likely N-dealkylation sites (tertiary alicyclic amines) is 1. The first-order valence-electron chi connectivity index (χ1n) is 4.47. The lowest BCUT2D eigenvalue weighted by atomic mass is 9.93. The van der Waals surface area contributed by atoms with E-state index in [1.807, 2.05) is 4.90 Å². The van der Waals surface area contributed by atoms with Crippen LogP contribution in [0.25, 0.3) is 0 Å². The SMILES string of the molecule is CC1(C)CCN(C(=O)CC(N)=S)C1. The summed E-state index contributed by atoms with van der Waals surface area (Å²) in [5, 5.41) is 0. The van der Waals surface area contributed by atoms with Crippen molar-refractivity contribution in [3.05, 3.63) is 0 Å². The number of rotatable bonds is 2. The molecule has 1 rings (SSSR count). The fourth-order valence-corrected chi connectivity index (χ4v) is 1.71. The first kappa shape index (κ1) is 10.4. The molecule has 1 heterocycles. The second-order valence-electron chi connectivity index (χ2n) is 4.37. The summed E-state index contributed by atoms with van der Waals surface area (Å²) in [5.41, 5.74) is 5.57. The minimum Gasteiger partial charge on any atom is -0.393 e. The molecule has 2 N–H and O–H groups in total. The van der Waals surface area contributed by atoms with Gasteiger partial charge in [-0.1, -0.05) is 26.1 Å². The Balaban J connectivity index is 2.47. The van der Waals surface area contributed by atoms with Crippen LogP contribution < -0.4 is 5.73 Å². The molecule has 0 aromatic heterocycles. The van der Waals surface area contributed by atoms with E-state index < -0.39 is 0 Å². The third-order valence-corrected chi connectivity index (χ3v) is 2.50. The Hall–Kier alpha value is -0.640. The van der Waals surface area contributed by atoms with Crippen molar-refractivity contribution in [2.75, 3.05) is 13.1 Å². The standard InChI is InChI=1S/C9H16N2OS/c1-9(2)3-4-11(6-9)8(12)5-7(10)13/h3-6H2,1-2H3,(H2,10,13). The number of nitrogens with two attached hydrogens (primary N) is 1. The molecular formula is C9H16N2OS. The molecule has 0 bridgehead atoms. The molecule has 3 nitrogen and oxygen atoms in total. The zero-order valence-electron chi connectivity index (χ0n) is 8.17. The van der Waals surface area contributed by atoms with Crippen LogP contribution in [0, 0.1) is 5.41 Å². The van der Waals surface area contributed by atoms with Crippen molar-refractivity contribution in [3.63, 3.8) is 0 Å². The van der Waals surface area contributed by atoms with Gasteiger partial charge in [-0.25, -0.2) is 0 Å². The molecule has 0 atom stereocenters. The summed E-state index contributed by atoms with van der Waals surface area (Å²) in [7, 11) is 0. The number of hydrogen-bond donors (Lipinski definition) is 1. The van der Waals surface area contributed by atoms with Crippen LogP contribution in [-0.2, 0) is 4.79 Å². The van der Waals surface area contributed by atoms with Crippen LogP contribution in [0.5, 0.6) is 0 Å². The molecule has 13 heavy (non-hydrogen) atoms. The lowest BCUT2D eigenvalue weighted by molar-refractivity contribution is -0.129. The molecule has 0 spiro atoms. The van der Waals surface area contributed by atoms with Crippen molar-refractivity contribution >= 4 is 23.1 Å². The van der Waals surface area contributed by atoms with Gasteiger partial charge in [0.1, 0.15) is 0 Å². The topological polar surface area (TPSA) is 46.3 Å². The zero-order valence-corrected chi connectivity index (χ0v) is 8.99. The number of hydrogen-bond acceptors (Lipinski definition) is 2. The summed E-state index contributed by atoms with van der Waals surface area (Å²) >= 11 is 4.69. The summed E-state index contributed by atoms with van der Waals surface area (Å²) in [6.07, 6.45) is 1.28. The molecule has 0 saturated carbocycles. The third-order valence-electron chi connectivity index (χ3n) is 2.36. The molecular weight excluding hydrogens is 184 g/mol. The largest absolute Gasteiger partial charge is 0.393 e. The molecule has 1 saturated heterocycles.